The minimum atomic E-state index is -3.70. The highest BCUT2D eigenvalue weighted by molar-refractivity contribution is 8.14. The van der Waals surface area contributed by atoms with E-state index in [0.717, 1.165) is 11.8 Å². The number of thioether (sulfide) groups is 1. The average Bonchev–Trinajstić information content (AvgIpc) is 3.09. The summed E-state index contributed by atoms with van der Waals surface area (Å²) in [5.41, 5.74) is 0.501. The van der Waals surface area contributed by atoms with Gasteiger partial charge in [-0.2, -0.15) is 4.31 Å². The van der Waals surface area contributed by atoms with Gasteiger partial charge in [-0.25, -0.2) is 8.42 Å². The minimum absolute atomic E-state index is 0.131. The molecule has 0 unspecified atom stereocenters. The number of sulfonamides is 1. The van der Waals surface area contributed by atoms with Crippen LogP contribution in [-0.4, -0.2) is 53.7 Å². The van der Waals surface area contributed by atoms with Gasteiger partial charge in [0.1, 0.15) is 0 Å². The van der Waals surface area contributed by atoms with E-state index < -0.39 is 10.0 Å². The van der Waals surface area contributed by atoms with E-state index in [2.05, 4.69) is 0 Å². The highest BCUT2D eigenvalue weighted by Gasteiger charge is 2.42. The molecule has 23 heavy (non-hydrogen) atoms. The number of carbonyl (C=O) groups is 2. The van der Waals surface area contributed by atoms with Crippen LogP contribution in [0.3, 0.4) is 0 Å². The van der Waals surface area contributed by atoms with Crippen LogP contribution in [0.4, 0.5) is 4.79 Å². The Morgan fingerprint density at radius 3 is 2.70 bits per heavy atom. The molecule has 2 aliphatic rings. The Morgan fingerprint density at radius 1 is 1.30 bits per heavy atom. The summed E-state index contributed by atoms with van der Waals surface area (Å²) in [7, 11) is -3.70. The summed E-state index contributed by atoms with van der Waals surface area (Å²) in [6.45, 7) is 2.07. The lowest BCUT2D eigenvalue weighted by Crippen LogP contribution is -2.41. The Hall–Kier alpha value is -1.09. The first-order valence-electron chi connectivity index (χ1n) is 7.06. The maximum Gasteiger partial charge on any atom is 0.289 e. The Morgan fingerprint density at radius 2 is 2.04 bits per heavy atom. The topological polar surface area (TPSA) is 74.8 Å². The van der Waals surface area contributed by atoms with Crippen molar-refractivity contribution in [1.82, 2.24) is 9.21 Å². The fourth-order valence-corrected chi connectivity index (χ4v) is 5.61. The predicted molar refractivity (Wildman–Crippen MR) is 88.1 cm³/mol. The first-order chi connectivity index (χ1) is 10.8. The van der Waals surface area contributed by atoms with Gasteiger partial charge in [-0.05, 0) is 31.0 Å². The molecule has 2 fully saturated rings. The number of hydrogen-bond acceptors (Lipinski definition) is 5. The van der Waals surface area contributed by atoms with E-state index in [1.165, 1.54) is 15.3 Å². The Balaban J connectivity index is 1.84. The van der Waals surface area contributed by atoms with Gasteiger partial charge in [0.15, 0.2) is 0 Å². The van der Waals surface area contributed by atoms with Crippen LogP contribution >= 0.6 is 23.4 Å². The minimum Gasteiger partial charge on any atom is -0.273 e. The van der Waals surface area contributed by atoms with Crippen molar-refractivity contribution in [3.05, 3.63) is 28.8 Å². The molecule has 2 saturated heterocycles. The Kier molecular flexibility index (Phi) is 4.43. The molecule has 0 saturated carbocycles. The molecule has 0 radical (unpaired) electrons. The summed E-state index contributed by atoms with van der Waals surface area (Å²) in [5.74, 6) is -0.113. The molecule has 0 bridgehead atoms. The van der Waals surface area contributed by atoms with Gasteiger partial charge >= 0.3 is 0 Å². The number of benzene rings is 1. The molecule has 3 rings (SSSR count). The molecule has 1 atom stereocenters. The van der Waals surface area contributed by atoms with Crippen LogP contribution in [0.25, 0.3) is 0 Å². The average molecular weight is 375 g/mol. The number of hydrogen-bond donors (Lipinski definition) is 0. The van der Waals surface area contributed by atoms with E-state index in [-0.39, 0.29) is 40.9 Å². The van der Waals surface area contributed by atoms with Crippen molar-refractivity contribution in [3.63, 3.8) is 0 Å². The van der Waals surface area contributed by atoms with E-state index in [9.17, 15) is 18.0 Å². The van der Waals surface area contributed by atoms with Gasteiger partial charge in [0.05, 0.1) is 16.7 Å². The van der Waals surface area contributed by atoms with E-state index in [0.29, 0.717) is 17.0 Å². The number of halogens is 1. The fourth-order valence-electron chi connectivity index (χ4n) is 2.86. The molecule has 124 valence electrons. The lowest BCUT2D eigenvalue weighted by molar-refractivity contribution is -0.126. The third-order valence-corrected chi connectivity index (χ3v) is 7.37. The molecular formula is C14H15ClN2O4S2. The number of amides is 2. The summed E-state index contributed by atoms with van der Waals surface area (Å²) in [5, 5.41) is 0.0984. The molecule has 1 aromatic rings. The number of carbonyl (C=O) groups excluding carboxylic acids is 2. The summed E-state index contributed by atoms with van der Waals surface area (Å²) < 4.78 is 26.9. The smallest absolute Gasteiger partial charge is 0.273 e. The quantitative estimate of drug-likeness (QED) is 0.810. The maximum absolute atomic E-state index is 12.8. The van der Waals surface area contributed by atoms with Crippen molar-refractivity contribution >= 4 is 44.5 Å². The molecule has 6 nitrogen and oxygen atoms in total. The van der Waals surface area contributed by atoms with Crippen LogP contribution in [0.5, 0.6) is 0 Å². The van der Waals surface area contributed by atoms with Crippen molar-refractivity contribution in [2.75, 3.05) is 18.8 Å². The third kappa shape index (κ3) is 2.88. The van der Waals surface area contributed by atoms with Crippen LogP contribution in [0.2, 0.25) is 5.02 Å². The van der Waals surface area contributed by atoms with Crippen LogP contribution < -0.4 is 0 Å². The lowest BCUT2D eigenvalue weighted by atomic mass is 10.2. The van der Waals surface area contributed by atoms with Crippen LogP contribution in [0.15, 0.2) is 23.1 Å². The molecule has 2 heterocycles. The highest BCUT2D eigenvalue weighted by atomic mass is 35.5. The number of imide groups is 1. The molecule has 9 heteroatoms. The van der Waals surface area contributed by atoms with Gasteiger partial charge in [0, 0.05) is 18.1 Å². The number of rotatable bonds is 3. The molecule has 0 aliphatic carbocycles. The zero-order chi connectivity index (χ0) is 16.8. The normalized spacial score (nSPS) is 23.0. The molecule has 2 amide bonds. The Bertz CT molecular complexity index is 765. The maximum atomic E-state index is 12.8. The largest absolute Gasteiger partial charge is 0.289 e. The first-order valence-corrected chi connectivity index (χ1v) is 9.87. The zero-order valence-corrected chi connectivity index (χ0v) is 14.7. The van der Waals surface area contributed by atoms with Crippen molar-refractivity contribution in [1.29, 1.82) is 0 Å². The molecule has 0 spiro atoms. The van der Waals surface area contributed by atoms with Crippen LogP contribution in [0.1, 0.15) is 12.0 Å². The molecule has 2 aliphatic heterocycles. The fraction of sp³-hybridized carbons (Fsp3) is 0.429. The van der Waals surface area contributed by atoms with Gasteiger partial charge in [0.25, 0.3) is 5.24 Å². The van der Waals surface area contributed by atoms with Gasteiger partial charge in [-0.1, -0.05) is 29.4 Å². The van der Waals surface area contributed by atoms with Crippen LogP contribution in [-0.2, 0) is 14.8 Å². The van der Waals surface area contributed by atoms with Gasteiger partial charge in [0.2, 0.25) is 15.9 Å². The monoisotopic (exact) mass is 374 g/mol. The first kappa shape index (κ1) is 16.8. The van der Waals surface area contributed by atoms with Gasteiger partial charge < -0.3 is 0 Å². The summed E-state index contributed by atoms with van der Waals surface area (Å²) in [4.78, 5) is 24.9. The summed E-state index contributed by atoms with van der Waals surface area (Å²) in [6.07, 6.45) is 0.455. The van der Waals surface area contributed by atoms with Crippen molar-refractivity contribution in [2.24, 2.45) is 0 Å². The second-order valence-corrected chi connectivity index (χ2v) is 8.73. The van der Waals surface area contributed by atoms with Crippen molar-refractivity contribution < 1.29 is 18.0 Å². The third-order valence-electron chi connectivity index (χ3n) is 4.11. The molecule has 0 aromatic heterocycles. The standard InChI is InChI=1S/C14H15ClN2O4S2/c1-9-11(15)3-2-4-12(9)23(20,21)16-6-5-10(7-16)17-13(18)8-22-14(17)19/h2-4,10H,5-8H2,1H3/t10-/m0/s1. The highest BCUT2D eigenvalue weighted by Crippen LogP contribution is 2.31. The molecule has 0 N–H and O–H groups in total. The predicted octanol–water partition coefficient (Wildman–Crippen LogP) is 2.11. The van der Waals surface area contributed by atoms with E-state index in [1.807, 2.05) is 0 Å². The zero-order valence-electron chi connectivity index (χ0n) is 12.4. The molecule has 1 aromatic carbocycles. The van der Waals surface area contributed by atoms with Gasteiger partial charge in [-0.3, -0.25) is 14.5 Å². The van der Waals surface area contributed by atoms with E-state index in [1.54, 1.807) is 19.1 Å². The van der Waals surface area contributed by atoms with Gasteiger partial charge in [-0.15, -0.1) is 0 Å². The van der Waals surface area contributed by atoms with E-state index in [4.69, 9.17) is 11.6 Å². The van der Waals surface area contributed by atoms with Crippen LogP contribution in [0, 0.1) is 6.92 Å². The summed E-state index contributed by atoms with van der Waals surface area (Å²) in [6, 6.07) is 4.37. The number of nitrogens with zero attached hydrogens (tertiary/aromatic N) is 2. The van der Waals surface area contributed by atoms with Crippen molar-refractivity contribution in [3.8, 4) is 0 Å². The molecular weight excluding hydrogens is 360 g/mol. The SMILES string of the molecule is Cc1c(Cl)cccc1S(=O)(=O)N1CC[C@H](N2C(=O)CSC2=O)C1. The van der Waals surface area contributed by atoms with Crippen molar-refractivity contribution in [2.45, 2.75) is 24.3 Å². The Labute approximate surface area is 143 Å². The lowest BCUT2D eigenvalue weighted by Gasteiger charge is -2.22. The second kappa shape index (κ2) is 6.08. The summed E-state index contributed by atoms with van der Waals surface area (Å²) >= 11 is 6.98. The second-order valence-electron chi connectivity index (χ2n) is 5.49. The van der Waals surface area contributed by atoms with E-state index >= 15 is 0 Å².